The van der Waals surface area contributed by atoms with Crippen LogP contribution in [0.2, 0.25) is 10.0 Å². The zero-order valence-electron chi connectivity index (χ0n) is 16.9. The summed E-state index contributed by atoms with van der Waals surface area (Å²) in [5, 5.41) is 5.57. The Bertz CT molecular complexity index is 957. The maximum atomic E-state index is 12.4. The van der Waals surface area contributed by atoms with Crippen LogP contribution in [0.3, 0.4) is 0 Å². The molecule has 160 valence electrons. The maximum absolute atomic E-state index is 12.4. The van der Waals surface area contributed by atoms with Crippen LogP contribution in [0.4, 0.5) is 16.2 Å². The molecule has 0 bridgehead atoms. The van der Waals surface area contributed by atoms with Crippen LogP contribution in [-0.4, -0.2) is 29.7 Å². The van der Waals surface area contributed by atoms with E-state index >= 15 is 0 Å². The standard InChI is InChI=1S/C21H22Cl2N2O5/c1-12(18(26)25-16-10-6-9-15(22)17(16)23)29-19(27)13-7-5-8-14(11-13)24-20(28)30-21(2,3)4/h5-12H,1-4H3,(H,24,28)(H,25,26). The van der Waals surface area contributed by atoms with Crippen molar-refractivity contribution in [2.75, 3.05) is 10.6 Å². The molecule has 2 aromatic carbocycles. The third-order valence-corrected chi connectivity index (χ3v) is 4.42. The highest BCUT2D eigenvalue weighted by atomic mass is 35.5. The Balaban J connectivity index is 2.00. The zero-order chi connectivity index (χ0) is 22.5. The highest BCUT2D eigenvalue weighted by molar-refractivity contribution is 6.44. The summed E-state index contributed by atoms with van der Waals surface area (Å²) >= 11 is 12.0. The van der Waals surface area contributed by atoms with Crippen molar-refractivity contribution >= 4 is 52.5 Å². The molecule has 0 fully saturated rings. The first-order valence-corrected chi connectivity index (χ1v) is 9.78. The quantitative estimate of drug-likeness (QED) is 0.581. The van der Waals surface area contributed by atoms with Gasteiger partial charge in [-0.1, -0.05) is 35.3 Å². The minimum Gasteiger partial charge on any atom is -0.449 e. The first kappa shape index (κ1) is 23.5. The lowest BCUT2D eigenvalue weighted by atomic mass is 10.2. The highest BCUT2D eigenvalue weighted by Crippen LogP contribution is 2.29. The zero-order valence-corrected chi connectivity index (χ0v) is 18.4. The summed E-state index contributed by atoms with van der Waals surface area (Å²) in [5.74, 6) is -1.31. The summed E-state index contributed by atoms with van der Waals surface area (Å²) < 4.78 is 10.4. The van der Waals surface area contributed by atoms with Gasteiger partial charge >= 0.3 is 12.1 Å². The second-order valence-corrected chi connectivity index (χ2v) is 8.13. The number of rotatable bonds is 5. The van der Waals surface area contributed by atoms with Gasteiger partial charge in [0.1, 0.15) is 5.60 Å². The molecule has 2 amide bonds. The number of hydrogen-bond donors (Lipinski definition) is 2. The average molecular weight is 453 g/mol. The molecule has 30 heavy (non-hydrogen) atoms. The largest absolute Gasteiger partial charge is 0.449 e. The summed E-state index contributed by atoms with van der Waals surface area (Å²) in [5.41, 5.74) is 0.154. The van der Waals surface area contributed by atoms with Gasteiger partial charge in [0.2, 0.25) is 0 Å². The normalized spacial score (nSPS) is 11.9. The first-order valence-electron chi connectivity index (χ1n) is 9.02. The number of benzene rings is 2. The molecule has 0 aliphatic rings. The third kappa shape index (κ3) is 6.93. The average Bonchev–Trinajstić information content (AvgIpc) is 2.64. The number of ether oxygens (including phenoxy) is 2. The number of amides is 2. The van der Waals surface area contributed by atoms with Crippen LogP contribution in [0.5, 0.6) is 0 Å². The molecule has 9 heteroatoms. The molecular weight excluding hydrogens is 431 g/mol. The van der Waals surface area contributed by atoms with E-state index in [4.69, 9.17) is 32.7 Å². The van der Waals surface area contributed by atoms with E-state index in [1.54, 1.807) is 51.1 Å². The van der Waals surface area contributed by atoms with Crippen LogP contribution in [0, 0.1) is 0 Å². The van der Waals surface area contributed by atoms with E-state index in [-0.39, 0.29) is 15.6 Å². The second-order valence-electron chi connectivity index (χ2n) is 7.35. The summed E-state index contributed by atoms with van der Waals surface area (Å²) in [6, 6.07) is 10.9. The van der Waals surface area contributed by atoms with E-state index in [1.165, 1.54) is 19.1 Å². The summed E-state index contributed by atoms with van der Waals surface area (Å²) in [6.45, 7) is 6.64. The van der Waals surface area contributed by atoms with Crippen LogP contribution < -0.4 is 10.6 Å². The van der Waals surface area contributed by atoms with E-state index in [9.17, 15) is 14.4 Å². The molecule has 0 spiro atoms. The summed E-state index contributed by atoms with van der Waals surface area (Å²) in [6.07, 6.45) is -1.76. The predicted octanol–water partition coefficient (Wildman–Crippen LogP) is 5.52. The van der Waals surface area contributed by atoms with Gasteiger partial charge in [-0.3, -0.25) is 10.1 Å². The lowest BCUT2D eigenvalue weighted by Crippen LogP contribution is -2.30. The lowest BCUT2D eigenvalue weighted by Gasteiger charge is -2.19. The Morgan fingerprint density at radius 2 is 1.67 bits per heavy atom. The Labute approximate surface area is 184 Å². The molecule has 2 N–H and O–H groups in total. The smallest absolute Gasteiger partial charge is 0.412 e. The van der Waals surface area contributed by atoms with E-state index in [2.05, 4.69) is 10.6 Å². The van der Waals surface area contributed by atoms with Crippen molar-refractivity contribution < 1.29 is 23.9 Å². The Morgan fingerprint density at radius 3 is 2.33 bits per heavy atom. The van der Waals surface area contributed by atoms with Crippen LogP contribution in [0.15, 0.2) is 42.5 Å². The minimum absolute atomic E-state index is 0.156. The molecule has 0 saturated carbocycles. The molecule has 2 aromatic rings. The number of carbonyl (C=O) groups is 3. The Hall–Kier alpha value is -2.77. The van der Waals surface area contributed by atoms with Crippen LogP contribution in [0.1, 0.15) is 38.1 Å². The van der Waals surface area contributed by atoms with Crippen molar-refractivity contribution in [1.82, 2.24) is 0 Å². The lowest BCUT2D eigenvalue weighted by molar-refractivity contribution is -0.123. The van der Waals surface area contributed by atoms with E-state index in [1.807, 2.05) is 0 Å². The van der Waals surface area contributed by atoms with Gasteiger partial charge in [0, 0.05) is 5.69 Å². The molecule has 0 aliphatic carbocycles. The Morgan fingerprint density at radius 1 is 1.00 bits per heavy atom. The van der Waals surface area contributed by atoms with Crippen LogP contribution in [-0.2, 0) is 14.3 Å². The third-order valence-electron chi connectivity index (χ3n) is 3.61. The Kier molecular flexibility index (Phi) is 7.70. The predicted molar refractivity (Wildman–Crippen MR) is 116 cm³/mol. The van der Waals surface area contributed by atoms with E-state index in [0.29, 0.717) is 11.4 Å². The number of carbonyl (C=O) groups excluding carboxylic acids is 3. The monoisotopic (exact) mass is 452 g/mol. The molecular formula is C21H22Cl2N2O5. The van der Waals surface area contributed by atoms with Crippen molar-refractivity contribution in [1.29, 1.82) is 0 Å². The van der Waals surface area contributed by atoms with E-state index < -0.39 is 29.7 Å². The number of anilines is 2. The van der Waals surface area contributed by atoms with Crippen LogP contribution in [0.25, 0.3) is 0 Å². The summed E-state index contributed by atoms with van der Waals surface area (Å²) in [4.78, 5) is 36.6. The van der Waals surface area contributed by atoms with Gasteiger partial charge in [0.15, 0.2) is 6.10 Å². The van der Waals surface area contributed by atoms with Crippen molar-refractivity contribution in [2.45, 2.75) is 39.4 Å². The number of nitrogens with one attached hydrogen (secondary N) is 2. The van der Waals surface area contributed by atoms with Crippen molar-refractivity contribution in [2.24, 2.45) is 0 Å². The SMILES string of the molecule is CC(OC(=O)c1cccc(NC(=O)OC(C)(C)C)c1)C(=O)Nc1cccc(Cl)c1Cl. The molecule has 0 aromatic heterocycles. The van der Waals surface area contributed by atoms with E-state index in [0.717, 1.165) is 0 Å². The summed E-state index contributed by atoms with van der Waals surface area (Å²) in [7, 11) is 0. The van der Waals surface area contributed by atoms with Gasteiger partial charge < -0.3 is 14.8 Å². The number of halogens is 2. The molecule has 0 radical (unpaired) electrons. The van der Waals surface area contributed by atoms with Gasteiger partial charge in [-0.25, -0.2) is 9.59 Å². The van der Waals surface area contributed by atoms with Gasteiger partial charge in [-0.2, -0.15) is 0 Å². The molecule has 0 saturated heterocycles. The second kappa shape index (κ2) is 9.82. The van der Waals surface area contributed by atoms with Gasteiger partial charge in [-0.05, 0) is 58.0 Å². The molecule has 1 atom stereocenters. The number of hydrogen-bond acceptors (Lipinski definition) is 5. The first-order chi connectivity index (χ1) is 14.0. The molecule has 7 nitrogen and oxygen atoms in total. The van der Waals surface area contributed by atoms with Crippen molar-refractivity contribution in [3.8, 4) is 0 Å². The topological polar surface area (TPSA) is 93.7 Å². The highest BCUT2D eigenvalue weighted by Gasteiger charge is 2.21. The van der Waals surface area contributed by atoms with Gasteiger partial charge in [-0.15, -0.1) is 0 Å². The van der Waals surface area contributed by atoms with Crippen molar-refractivity contribution in [3.63, 3.8) is 0 Å². The number of esters is 1. The molecule has 0 heterocycles. The maximum Gasteiger partial charge on any atom is 0.412 e. The minimum atomic E-state index is -1.10. The molecule has 1 unspecified atom stereocenters. The van der Waals surface area contributed by atoms with Crippen molar-refractivity contribution in [3.05, 3.63) is 58.1 Å². The molecule has 2 rings (SSSR count). The van der Waals surface area contributed by atoms with Crippen LogP contribution >= 0.6 is 23.2 Å². The molecule has 0 aliphatic heterocycles. The fourth-order valence-corrected chi connectivity index (χ4v) is 2.61. The fourth-order valence-electron chi connectivity index (χ4n) is 2.26. The van der Waals surface area contributed by atoms with Gasteiger partial charge in [0.25, 0.3) is 5.91 Å². The van der Waals surface area contributed by atoms with Gasteiger partial charge in [0.05, 0.1) is 21.3 Å². The fraction of sp³-hybridized carbons (Fsp3) is 0.286.